The summed E-state index contributed by atoms with van der Waals surface area (Å²) in [6, 6.07) is 10.8. The van der Waals surface area contributed by atoms with E-state index in [1.165, 1.54) is 22.6 Å². The molecule has 1 unspecified atom stereocenters. The van der Waals surface area contributed by atoms with Crippen LogP contribution < -0.4 is 5.73 Å². The smallest absolute Gasteiger partial charge is 0.191 e. The van der Waals surface area contributed by atoms with E-state index in [4.69, 9.17) is 10.7 Å². The molecule has 22 heavy (non-hydrogen) atoms. The zero-order valence-corrected chi connectivity index (χ0v) is 13.9. The Morgan fingerprint density at radius 1 is 1.36 bits per heavy atom. The average Bonchev–Trinajstić information content (AvgIpc) is 2.95. The number of benzene rings is 1. The van der Waals surface area contributed by atoms with Crippen molar-refractivity contribution in [3.8, 4) is 0 Å². The fraction of sp³-hybridized carbons (Fsp3) is 0.412. The highest BCUT2D eigenvalue weighted by Crippen LogP contribution is 2.35. The Hall–Kier alpha value is -1.88. The molecular weight excluding hydrogens is 292 g/mol. The van der Waals surface area contributed by atoms with Crippen LogP contribution in [0.2, 0.25) is 0 Å². The Morgan fingerprint density at radius 3 is 2.86 bits per heavy atom. The maximum absolute atomic E-state index is 5.84. The van der Waals surface area contributed by atoms with Crippen LogP contribution in [0, 0.1) is 0 Å². The van der Waals surface area contributed by atoms with Gasteiger partial charge < -0.3 is 10.6 Å². The number of nitrogens with zero attached hydrogens (tertiary/aromatic N) is 3. The molecule has 0 aliphatic heterocycles. The monoisotopic (exact) mass is 314 g/mol. The summed E-state index contributed by atoms with van der Waals surface area (Å²) in [6.45, 7) is 0.581. The van der Waals surface area contributed by atoms with Gasteiger partial charge in [-0.2, -0.15) is 0 Å². The highest BCUT2D eigenvalue weighted by molar-refractivity contribution is 7.11. The molecule has 3 rings (SSSR count). The number of rotatable bonds is 3. The van der Waals surface area contributed by atoms with Gasteiger partial charge in [0.25, 0.3) is 0 Å². The minimum atomic E-state index is 0.551. The van der Waals surface area contributed by atoms with Gasteiger partial charge in [-0.3, -0.25) is 0 Å². The van der Waals surface area contributed by atoms with Crippen LogP contribution in [0.15, 0.2) is 35.3 Å². The van der Waals surface area contributed by atoms with Crippen LogP contribution in [0.5, 0.6) is 0 Å². The zero-order valence-electron chi connectivity index (χ0n) is 13.1. The maximum atomic E-state index is 5.84. The number of guanidine groups is 1. The number of aryl methyl sites for hydroxylation is 1. The molecule has 2 aromatic rings. The van der Waals surface area contributed by atoms with Gasteiger partial charge in [-0.25, -0.2) is 9.98 Å². The largest absolute Gasteiger partial charge is 0.370 e. The molecule has 116 valence electrons. The van der Waals surface area contributed by atoms with Gasteiger partial charge in [0.1, 0.15) is 5.01 Å². The van der Waals surface area contributed by atoms with Crippen molar-refractivity contribution in [2.24, 2.45) is 10.7 Å². The Labute approximate surface area is 135 Å². The summed E-state index contributed by atoms with van der Waals surface area (Å²) in [7, 11) is 3.80. The third kappa shape index (κ3) is 3.30. The molecule has 0 saturated carbocycles. The Balaban J connectivity index is 1.72. The van der Waals surface area contributed by atoms with E-state index in [0.29, 0.717) is 18.4 Å². The van der Waals surface area contributed by atoms with E-state index >= 15 is 0 Å². The summed E-state index contributed by atoms with van der Waals surface area (Å²) in [4.78, 5) is 12.4. The van der Waals surface area contributed by atoms with Crippen molar-refractivity contribution < 1.29 is 0 Å². The maximum Gasteiger partial charge on any atom is 0.191 e. The Bertz CT molecular complexity index is 661. The molecule has 0 fully saturated rings. The predicted molar refractivity (Wildman–Crippen MR) is 92.3 cm³/mol. The lowest BCUT2D eigenvalue weighted by Crippen LogP contribution is -2.30. The molecule has 0 radical (unpaired) electrons. The van der Waals surface area contributed by atoms with Crippen molar-refractivity contribution in [3.05, 3.63) is 51.5 Å². The molecule has 0 amide bonds. The second kappa shape index (κ2) is 6.48. The summed E-state index contributed by atoms with van der Waals surface area (Å²) in [5.41, 5.74) is 8.55. The van der Waals surface area contributed by atoms with Crippen LogP contribution in [0.4, 0.5) is 0 Å². The van der Waals surface area contributed by atoms with E-state index in [9.17, 15) is 0 Å². The first-order valence-electron chi connectivity index (χ1n) is 7.63. The molecule has 1 heterocycles. The van der Waals surface area contributed by atoms with Gasteiger partial charge in [-0.15, -0.1) is 11.3 Å². The van der Waals surface area contributed by atoms with Crippen LogP contribution in [0.25, 0.3) is 0 Å². The number of nitrogens with two attached hydrogens (primary N) is 1. The van der Waals surface area contributed by atoms with Gasteiger partial charge in [0.15, 0.2) is 5.96 Å². The highest BCUT2D eigenvalue weighted by atomic mass is 32.1. The molecule has 1 aliphatic rings. The highest BCUT2D eigenvalue weighted by Gasteiger charge is 2.23. The van der Waals surface area contributed by atoms with Crippen LogP contribution in [-0.4, -0.2) is 29.9 Å². The number of hydrogen-bond donors (Lipinski definition) is 1. The minimum Gasteiger partial charge on any atom is -0.370 e. The predicted octanol–water partition coefficient (Wildman–Crippen LogP) is 2.79. The second-order valence-corrected chi connectivity index (χ2v) is 7.06. The Morgan fingerprint density at radius 2 is 2.14 bits per heavy atom. The first kappa shape index (κ1) is 15.0. The molecule has 0 saturated heterocycles. The zero-order chi connectivity index (χ0) is 15.5. The summed E-state index contributed by atoms with van der Waals surface area (Å²) in [6.07, 6.45) is 3.35. The van der Waals surface area contributed by atoms with Gasteiger partial charge in [0, 0.05) is 19.0 Å². The van der Waals surface area contributed by atoms with Crippen LogP contribution in [-0.2, 0) is 19.4 Å². The Kier molecular flexibility index (Phi) is 4.43. The first-order valence-corrected chi connectivity index (χ1v) is 8.45. The second-order valence-electron chi connectivity index (χ2n) is 5.90. The van der Waals surface area contributed by atoms with Gasteiger partial charge >= 0.3 is 0 Å². The molecule has 0 bridgehead atoms. The molecule has 5 heteroatoms. The van der Waals surface area contributed by atoms with Crippen LogP contribution >= 0.6 is 11.3 Å². The van der Waals surface area contributed by atoms with E-state index in [2.05, 4.69) is 35.3 Å². The lowest BCUT2D eigenvalue weighted by Gasteiger charge is -2.21. The number of aromatic nitrogens is 1. The standard InChI is InChI=1S/C17H22N4S/c1-21(2)17(18)19-11-16-20-14-9-8-13(10-15(14)22-16)12-6-4-3-5-7-12/h3-7,13H,8-11H2,1-2H3,(H2,18,19). The number of aliphatic imine (C=N–C) groups is 1. The van der Waals surface area contributed by atoms with E-state index in [-0.39, 0.29) is 0 Å². The number of fused-ring (bicyclic) bond motifs is 1. The SMILES string of the molecule is CN(C)C(N)=NCc1nc2c(s1)CC(c1ccccc1)CC2. The third-order valence-corrected chi connectivity index (χ3v) is 5.19. The fourth-order valence-corrected chi connectivity index (χ4v) is 3.92. The first-order chi connectivity index (χ1) is 10.6. The summed E-state index contributed by atoms with van der Waals surface area (Å²) in [5, 5.41) is 1.07. The van der Waals surface area contributed by atoms with Crippen molar-refractivity contribution in [3.63, 3.8) is 0 Å². The molecular formula is C17H22N4S. The van der Waals surface area contributed by atoms with E-state index < -0.39 is 0 Å². The molecule has 2 N–H and O–H groups in total. The minimum absolute atomic E-state index is 0.551. The summed E-state index contributed by atoms with van der Waals surface area (Å²) in [5.74, 6) is 1.17. The number of thiazole rings is 1. The van der Waals surface area contributed by atoms with Crippen molar-refractivity contribution >= 4 is 17.3 Å². The van der Waals surface area contributed by atoms with Gasteiger partial charge in [0.2, 0.25) is 0 Å². The van der Waals surface area contributed by atoms with Gasteiger partial charge in [-0.1, -0.05) is 30.3 Å². The van der Waals surface area contributed by atoms with Crippen molar-refractivity contribution in [1.29, 1.82) is 0 Å². The van der Waals surface area contributed by atoms with Gasteiger partial charge in [-0.05, 0) is 30.7 Å². The molecule has 1 atom stereocenters. The van der Waals surface area contributed by atoms with Crippen molar-refractivity contribution in [1.82, 2.24) is 9.88 Å². The van der Waals surface area contributed by atoms with E-state index in [1.807, 2.05) is 19.0 Å². The molecule has 1 aliphatic carbocycles. The molecule has 0 spiro atoms. The van der Waals surface area contributed by atoms with Crippen molar-refractivity contribution in [2.75, 3.05) is 14.1 Å². The fourth-order valence-electron chi connectivity index (χ4n) is 2.80. The van der Waals surface area contributed by atoms with E-state index in [0.717, 1.165) is 17.8 Å². The normalized spacial score (nSPS) is 18.1. The van der Waals surface area contributed by atoms with Gasteiger partial charge in [0.05, 0.1) is 12.2 Å². The quantitative estimate of drug-likeness (QED) is 0.700. The van der Waals surface area contributed by atoms with E-state index in [1.54, 1.807) is 11.3 Å². The molecule has 1 aromatic heterocycles. The lowest BCUT2D eigenvalue weighted by atomic mass is 9.85. The molecule has 1 aromatic carbocycles. The lowest BCUT2D eigenvalue weighted by molar-refractivity contribution is 0.583. The van der Waals surface area contributed by atoms with Crippen LogP contribution in [0.1, 0.15) is 33.5 Å². The molecule has 4 nitrogen and oxygen atoms in total. The topological polar surface area (TPSA) is 54.5 Å². The summed E-state index contributed by atoms with van der Waals surface area (Å²) < 4.78 is 0. The van der Waals surface area contributed by atoms with Crippen LogP contribution in [0.3, 0.4) is 0 Å². The summed E-state index contributed by atoms with van der Waals surface area (Å²) >= 11 is 1.80. The third-order valence-electron chi connectivity index (χ3n) is 4.09. The van der Waals surface area contributed by atoms with Crippen molar-refractivity contribution in [2.45, 2.75) is 31.7 Å². The number of hydrogen-bond acceptors (Lipinski definition) is 3. The average molecular weight is 314 g/mol.